The number of nitrogens with zero attached hydrogens (tertiary/aromatic N) is 3. The molecule has 46 heavy (non-hydrogen) atoms. The van der Waals surface area contributed by atoms with Gasteiger partial charge in [0.05, 0.1) is 0 Å². The molecular formula is C40H68ClN3O2. The summed E-state index contributed by atoms with van der Waals surface area (Å²) in [6.45, 7) is 28.3. The van der Waals surface area contributed by atoms with Gasteiger partial charge in [-0.05, 0) is 90.0 Å². The molecule has 1 atom stereocenters. The Kier molecular flexibility index (Phi) is 23.3. The third kappa shape index (κ3) is 18.0. The van der Waals surface area contributed by atoms with E-state index in [0.717, 1.165) is 43.1 Å². The van der Waals surface area contributed by atoms with E-state index >= 15 is 0 Å². The van der Waals surface area contributed by atoms with Crippen molar-refractivity contribution in [3.05, 3.63) is 70.0 Å². The Morgan fingerprint density at radius 2 is 1.57 bits per heavy atom. The van der Waals surface area contributed by atoms with E-state index in [1.165, 1.54) is 54.5 Å². The van der Waals surface area contributed by atoms with Gasteiger partial charge in [0.25, 0.3) is 0 Å². The van der Waals surface area contributed by atoms with Crippen LogP contribution in [0.4, 0.5) is 4.79 Å². The van der Waals surface area contributed by atoms with Crippen LogP contribution in [0.25, 0.3) is 0 Å². The Balaban J connectivity index is 0.00000102. The summed E-state index contributed by atoms with van der Waals surface area (Å²) in [4.78, 5) is 21.3. The first kappa shape index (κ1) is 43.5. The van der Waals surface area contributed by atoms with Gasteiger partial charge in [-0.3, -0.25) is 4.99 Å². The molecule has 1 heterocycles. The monoisotopic (exact) mass is 658 g/mol. The summed E-state index contributed by atoms with van der Waals surface area (Å²) in [6, 6.07) is 8.02. The molecule has 1 amide bonds. The van der Waals surface area contributed by atoms with E-state index in [4.69, 9.17) is 21.3 Å². The van der Waals surface area contributed by atoms with Gasteiger partial charge in [-0.2, -0.15) is 0 Å². The fourth-order valence-electron chi connectivity index (χ4n) is 5.10. The zero-order chi connectivity index (χ0) is 35.1. The lowest BCUT2D eigenvalue weighted by Gasteiger charge is -2.38. The van der Waals surface area contributed by atoms with Gasteiger partial charge >= 0.3 is 6.09 Å². The van der Waals surface area contributed by atoms with E-state index in [-0.39, 0.29) is 6.09 Å². The fraction of sp³-hybridized carbons (Fsp3) is 0.650. The van der Waals surface area contributed by atoms with Crippen molar-refractivity contribution >= 4 is 23.4 Å². The van der Waals surface area contributed by atoms with Crippen molar-refractivity contribution in [1.29, 1.82) is 0 Å². The van der Waals surface area contributed by atoms with Crippen molar-refractivity contribution in [3.8, 4) is 0 Å². The van der Waals surface area contributed by atoms with Gasteiger partial charge in [-0.25, -0.2) is 4.79 Å². The van der Waals surface area contributed by atoms with Crippen molar-refractivity contribution in [2.24, 2.45) is 10.9 Å². The Bertz CT molecular complexity index is 1100. The molecule has 0 saturated carbocycles. The molecule has 1 saturated heterocycles. The second kappa shape index (κ2) is 24.6. The molecule has 5 nitrogen and oxygen atoms in total. The van der Waals surface area contributed by atoms with E-state index in [0.29, 0.717) is 19.0 Å². The van der Waals surface area contributed by atoms with Crippen LogP contribution in [-0.4, -0.2) is 53.4 Å². The predicted molar refractivity (Wildman–Crippen MR) is 203 cm³/mol. The van der Waals surface area contributed by atoms with Gasteiger partial charge in [0.1, 0.15) is 5.60 Å². The average molecular weight is 658 g/mol. The van der Waals surface area contributed by atoms with Crippen molar-refractivity contribution in [1.82, 2.24) is 9.80 Å². The van der Waals surface area contributed by atoms with Crippen LogP contribution in [-0.2, 0) is 11.2 Å². The molecule has 0 aliphatic carbocycles. The molecule has 0 aromatic heterocycles. The first-order chi connectivity index (χ1) is 21.8. The van der Waals surface area contributed by atoms with Gasteiger partial charge in [-0.1, -0.05) is 110 Å². The van der Waals surface area contributed by atoms with Crippen LogP contribution in [0.15, 0.2) is 64.5 Å². The first-order valence-corrected chi connectivity index (χ1v) is 18.2. The van der Waals surface area contributed by atoms with E-state index < -0.39 is 5.60 Å². The third-order valence-corrected chi connectivity index (χ3v) is 8.10. The maximum absolute atomic E-state index is 12.4. The number of piperazine rings is 1. The number of carbonyl (C=O) groups excluding carboxylic acids is 1. The number of unbranched alkanes of at least 4 members (excludes halogenated alkanes) is 3. The number of allylic oxidation sites excluding steroid dienone is 5. The van der Waals surface area contributed by atoms with E-state index in [2.05, 4.69) is 85.4 Å². The van der Waals surface area contributed by atoms with Gasteiger partial charge in [0.2, 0.25) is 0 Å². The van der Waals surface area contributed by atoms with Gasteiger partial charge in [0, 0.05) is 54.4 Å². The Morgan fingerprint density at radius 3 is 2.02 bits per heavy atom. The lowest BCUT2D eigenvalue weighted by molar-refractivity contribution is 0.0168. The summed E-state index contributed by atoms with van der Waals surface area (Å²) in [5, 5.41) is 0.839. The molecule has 2 rings (SSSR count). The molecule has 0 bridgehead atoms. The number of rotatable bonds is 12. The summed E-state index contributed by atoms with van der Waals surface area (Å²) in [7, 11) is 0. The highest BCUT2D eigenvalue weighted by molar-refractivity contribution is 6.30. The zero-order valence-corrected chi connectivity index (χ0v) is 32.4. The predicted octanol–water partition coefficient (Wildman–Crippen LogP) is 12.1. The summed E-state index contributed by atoms with van der Waals surface area (Å²) in [5.41, 5.74) is 5.72. The lowest BCUT2D eigenvalue weighted by atomic mass is 9.87. The highest BCUT2D eigenvalue weighted by Crippen LogP contribution is 2.29. The molecule has 1 aromatic rings. The average Bonchev–Trinajstić information content (AvgIpc) is 3.02. The molecule has 0 spiro atoms. The van der Waals surface area contributed by atoms with Gasteiger partial charge in [-0.15, -0.1) is 0 Å². The lowest BCUT2D eigenvalue weighted by Crippen LogP contribution is -2.49. The largest absolute Gasteiger partial charge is 0.444 e. The van der Waals surface area contributed by atoms with Crippen LogP contribution in [0.2, 0.25) is 5.02 Å². The van der Waals surface area contributed by atoms with Gasteiger partial charge < -0.3 is 14.5 Å². The van der Waals surface area contributed by atoms with Crippen LogP contribution in [0.3, 0.4) is 0 Å². The summed E-state index contributed by atoms with van der Waals surface area (Å²) >= 11 is 5.78. The molecule has 1 aliphatic heterocycles. The number of aryl methyl sites for hydroxylation is 1. The minimum atomic E-state index is -0.464. The number of ether oxygens (including phenoxy) is 1. The molecule has 1 aliphatic rings. The van der Waals surface area contributed by atoms with Crippen LogP contribution in [0.1, 0.15) is 134 Å². The number of hydrogen-bond acceptors (Lipinski definition) is 4. The topological polar surface area (TPSA) is 45.1 Å². The van der Waals surface area contributed by atoms with Crippen molar-refractivity contribution in [3.63, 3.8) is 0 Å². The van der Waals surface area contributed by atoms with Crippen LogP contribution in [0, 0.1) is 5.92 Å². The SMILES string of the molecule is CCCCCC.CCCc1cccc(Cl)c1.C\C=C(C(/C(C)=N/C=C/CC)=C(/C)N1CCN(C(=O)OC(C)(C)C)CC1)\C(C)CC. The summed E-state index contributed by atoms with van der Waals surface area (Å²) in [6.07, 6.45) is 15.9. The number of benzene rings is 1. The molecule has 1 fully saturated rings. The minimum absolute atomic E-state index is 0.222. The molecule has 1 aromatic carbocycles. The van der Waals surface area contributed by atoms with Crippen molar-refractivity contribution in [2.75, 3.05) is 26.2 Å². The van der Waals surface area contributed by atoms with E-state index in [1.54, 1.807) is 0 Å². The maximum Gasteiger partial charge on any atom is 0.410 e. The zero-order valence-electron chi connectivity index (χ0n) is 31.6. The van der Waals surface area contributed by atoms with Crippen LogP contribution < -0.4 is 0 Å². The fourth-order valence-corrected chi connectivity index (χ4v) is 5.31. The second-order valence-electron chi connectivity index (χ2n) is 13.1. The van der Waals surface area contributed by atoms with E-state index in [9.17, 15) is 4.79 Å². The van der Waals surface area contributed by atoms with Crippen LogP contribution >= 0.6 is 11.6 Å². The number of hydrogen-bond donors (Lipinski definition) is 0. The molecule has 262 valence electrons. The maximum atomic E-state index is 12.4. The Labute approximate surface area is 289 Å². The molecule has 1 unspecified atom stereocenters. The van der Waals surface area contributed by atoms with Crippen LogP contribution in [0.5, 0.6) is 0 Å². The Hall–Kier alpha value is -2.53. The summed E-state index contributed by atoms with van der Waals surface area (Å²) < 4.78 is 5.54. The molecule has 0 N–H and O–H groups in total. The minimum Gasteiger partial charge on any atom is -0.444 e. The highest BCUT2D eigenvalue weighted by Gasteiger charge is 2.27. The number of halogens is 1. The first-order valence-electron chi connectivity index (χ1n) is 17.8. The highest BCUT2D eigenvalue weighted by atomic mass is 35.5. The van der Waals surface area contributed by atoms with Crippen molar-refractivity contribution in [2.45, 2.75) is 140 Å². The normalized spacial score (nSPS) is 15.4. The number of carbonyl (C=O) groups is 1. The smallest absolute Gasteiger partial charge is 0.410 e. The molecule has 0 radical (unpaired) electrons. The third-order valence-electron chi connectivity index (χ3n) is 7.87. The molecular weight excluding hydrogens is 590 g/mol. The molecule has 6 heteroatoms. The number of aliphatic imine (C=N–C) groups is 1. The summed E-state index contributed by atoms with van der Waals surface area (Å²) in [5.74, 6) is 0.461. The number of amides is 1. The second-order valence-corrected chi connectivity index (χ2v) is 13.5. The van der Waals surface area contributed by atoms with E-state index in [1.807, 2.05) is 50.1 Å². The van der Waals surface area contributed by atoms with Gasteiger partial charge in [0.15, 0.2) is 0 Å². The quantitative estimate of drug-likeness (QED) is 0.128. The Morgan fingerprint density at radius 1 is 0.978 bits per heavy atom. The standard InChI is InChI=1S/C25H43N3O2.C9H11Cl.C6H14/c1-10-13-14-26-20(5)23(22(12-3)19(4)11-2)21(6)27-15-17-28(18-16-27)24(29)30-25(7,8)9;1-2-4-8-5-3-6-9(10)7-8;1-3-5-6-4-2/h12-14,19H,10-11,15-18H2,1-9H3;3,5-7H,2,4H2,1H3;3-6H2,1-2H3/b14-13+,22-12-,23-21-,26-20+;;. The van der Waals surface area contributed by atoms with Crippen molar-refractivity contribution < 1.29 is 9.53 Å².